The summed E-state index contributed by atoms with van der Waals surface area (Å²) in [7, 11) is 0. The largest absolute Gasteiger partial charge is 0.311 e. The Kier molecular flexibility index (Phi) is 4.93. The third-order valence-corrected chi connectivity index (χ3v) is 8.53. The van der Waals surface area contributed by atoms with Gasteiger partial charge in [-0.1, -0.05) is 105 Å². The van der Waals surface area contributed by atoms with Crippen LogP contribution in [0.25, 0.3) is 44.0 Å². The van der Waals surface area contributed by atoms with Crippen LogP contribution in [0.5, 0.6) is 0 Å². The van der Waals surface area contributed by atoms with Crippen LogP contribution in [-0.2, 0) is 0 Å². The number of anilines is 2. The van der Waals surface area contributed by atoms with Gasteiger partial charge in [-0.25, -0.2) is 0 Å². The molecule has 0 spiro atoms. The maximum absolute atomic E-state index is 2.46. The summed E-state index contributed by atoms with van der Waals surface area (Å²) in [5.41, 5.74) is 6.09. The zero-order valence-electron chi connectivity index (χ0n) is 22.7. The molecule has 0 saturated carbocycles. The zero-order valence-corrected chi connectivity index (χ0v) is 22.7. The lowest BCUT2D eigenvalue weighted by molar-refractivity contribution is 0.637. The molecule has 1 nitrogen and oxygen atoms in total. The first-order valence-electron chi connectivity index (χ1n) is 14.0. The zero-order chi connectivity index (χ0) is 26.8. The molecule has 6 aromatic carbocycles. The van der Waals surface area contributed by atoms with Crippen molar-refractivity contribution in [1.29, 1.82) is 0 Å². The molecule has 8 rings (SSSR count). The third kappa shape index (κ3) is 3.41. The predicted octanol–water partition coefficient (Wildman–Crippen LogP) is 8.78. The molecule has 0 unspecified atom stereocenters. The number of rotatable bonds is 3. The summed E-state index contributed by atoms with van der Waals surface area (Å²) in [6, 6.07) is 43.9. The number of para-hydroxylation sites is 2. The van der Waals surface area contributed by atoms with Gasteiger partial charge in [0.25, 0.3) is 0 Å². The molecule has 0 aromatic heterocycles. The van der Waals surface area contributed by atoms with Crippen LogP contribution in [0, 0.1) is 5.41 Å². The van der Waals surface area contributed by atoms with E-state index in [2.05, 4.69) is 158 Å². The summed E-state index contributed by atoms with van der Waals surface area (Å²) in [5.74, 6) is 0. The molecular weight excluding hydrogens is 482 g/mol. The van der Waals surface area contributed by atoms with Crippen molar-refractivity contribution < 1.29 is 0 Å². The van der Waals surface area contributed by atoms with Crippen LogP contribution < -0.4 is 15.3 Å². The van der Waals surface area contributed by atoms with Gasteiger partial charge in [0.05, 0.1) is 0 Å². The van der Waals surface area contributed by atoms with E-state index in [1.807, 2.05) is 0 Å². The van der Waals surface area contributed by atoms with E-state index in [4.69, 9.17) is 0 Å². The van der Waals surface area contributed by atoms with Crippen LogP contribution in [-0.4, -0.2) is 0 Å². The number of hydrogen-bond acceptors (Lipinski definition) is 1. The Morgan fingerprint density at radius 1 is 0.500 bits per heavy atom. The Balaban J connectivity index is 1.40. The first kappa shape index (κ1) is 23.0. The average Bonchev–Trinajstić information content (AvgIpc) is 3.36. The van der Waals surface area contributed by atoms with Gasteiger partial charge in [-0.05, 0) is 102 Å². The second-order valence-electron chi connectivity index (χ2n) is 11.5. The Labute approximate surface area is 234 Å². The van der Waals surface area contributed by atoms with E-state index in [9.17, 15) is 0 Å². The van der Waals surface area contributed by atoms with Crippen molar-refractivity contribution in [2.75, 3.05) is 4.90 Å². The highest BCUT2D eigenvalue weighted by atomic mass is 15.1. The summed E-state index contributed by atoms with van der Waals surface area (Å²) in [4.78, 5) is 2.37. The smallest absolute Gasteiger partial charge is 0.0461 e. The normalized spacial score (nSPS) is 15.4. The average molecular weight is 512 g/mol. The summed E-state index contributed by atoms with van der Waals surface area (Å²) < 4.78 is 0. The van der Waals surface area contributed by atoms with E-state index in [0.29, 0.717) is 0 Å². The topological polar surface area (TPSA) is 3.24 Å². The van der Waals surface area contributed by atoms with Crippen molar-refractivity contribution in [2.45, 2.75) is 13.8 Å². The molecule has 0 radical (unpaired) electrons. The number of nitrogens with zero attached hydrogens (tertiary/aromatic N) is 1. The van der Waals surface area contributed by atoms with Gasteiger partial charge < -0.3 is 4.90 Å². The maximum Gasteiger partial charge on any atom is 0.0461 e. The molecule has 0 fully saturated rings. The SMILES string of the molecule is CC1(C)C=C(N(c2ccccc2)c2ccccc2)C=C2C=c3cc4c5ccccc5c5ccccc5c4cc3=C21. The predicted molar refractivity (Wildman–Crippen MR) is 171 cm³/mol. The molecule has 2 aliphatic carbocycles. The number of allylic oxidation sites excluding steroid dienone is 3. The van der Waals surface area contributed by atoms with E-state index in [-0.39, 0.29) is 5.41 Å². The van der Waals surface area contributed by atoms with Gasteiger partial charge in [0.2, 0.25) is 0 Å². The molecule has 0 saturated heterocycles. The summed E-state index contributed by atoms with van der Waals surface area (Å²) in [5, 5.41) is 10.6. The van der Waals surface area contributed by atoms with Crippen LogP contribution in [0.15, 0.2) is 145 Å². The Morgan fingerprint density at radius 3 is 1.52 bits per heavy atom. The van der Waals surface area contributed by atoms with E-state index in [1.54, 1.807) is 0 Å². The van der Waals surface area contributed by atoms with Gasteiger partial charge in [-0.3, -0.25) is 0 Å². The number of fused-ring (bicyclic) bond motifs is 8. The lowest BCUT2D eigenvalue weighted by Crippen LogP contribution is -2.29. The molecule has 0 atom stereocenters. The summed E-state index contributed by atoms with van der Waals surface area (Å²) in [6.07, 6.45) is 7.22. The van der Waals surface area contributed by atoms with E-state index >= 15 is 0 Å². The highest BCUT2D eigenvalue weighted by Crippen LogP contribution is 2.44. The van der Waals surface area contributed by atoms with Crippen molar-refractivity contribution in [2.24, 2.45) is 5.41 Å². The molecular formula is C39H29N. The lowest BCUT2D eigenvalue weighted by atomic mass is 9.76. The third-order valence-electron chi connectivity index (χ3n) is 8.53. The van der Waals surface area contributed by atoms with Crippen molar-refractivity contribution in [3.63, 3.8) is 0 Å². The Morgan fingerprint density at radius 2 is 0.975 bits per heavy atom. The van der Waals surface area contributed by atoms with Gasteiger partial charge in [0.15, 0.2) is 0 Å². The van der Waals surface area contributed by atoms with E-state index in [1.165, 1.54) is 59.6 Å². The first-order chi connectivity index (χ1) is 19.6. The summed E-state index contributed by atoms with van der Waals surface area (Å²) in [6.45, 7) is 4.71. The quantitative estimate of drug-likeness (QED) is 0.215. The molecule has 0 heterocycles. The molecule has 40 heavy (non-hydrogen) atoms. The lowest BCUT2D eigenvalue weighted by Gasteiger charge is -2.35. The van der Waals surface area contributed by atoms with Crippen LogP contribution in [0.3, 0.4) is 0 Å². The Hall–Kier alpha value is -4.88. The molecule has 6 aromatic rings. The summed E-state index contributed by atoms with van der Waals surface area (Å²) >= 11 is 0. The van der Waals surface area contributed by atoms with Crippen LogP contribution in [0.4, 0.5) is 11.4 Å². The van der Waals surface area contributed by atoms with Gasteiger partial charge in [-0.2, -0.15) is 0 Å². The standard InChI is InChI=1S/C39H29N/c1-39(2)25-30(40(28-13-5-3-6-14-28)29-15-7-4-8-16-29)22-27-21-26-23-36-33-19-11-9-17-31(33)32-18-10-12-20-34(32)37(36)24-35(26)38(27)39/h3-25H,1-2H3. The van der Waals surface area contributed by atoms with Gasteiger partial charge in [-0.15, -0.1) is 0 Å². The fraction of sp³-hybridized carbons (Fsp3) is 0.0769. The molecule has 2 aliphatic rings. The molecule has 0 N–H and O–H groups in total. The second kappa shape index (κ2) is 8.56. The molecule has 0 bridgehead atoms. The minimum Gasteiger partial charge on any atom is -0.311 e. The molecule has 0 amide bonds. The minimum absolute atomic E-state index is 0.149. The number of hydrogen-bond donors (Lipinski definition) is 0. The van der Waals surface area contributed by atoms with Gasteiger partial charge in [0, 0.05) is 22.5 Å². The maximum atomic E-state index is 2.46. The highest BCUT2D eigenvalue weighted by molar-refractivity contribution is 6.25. The monoisotopic (exact) mass is 511 g/mol. The van der Waals surface area contributed by atoms with Crippen molar-refractivity contribution in [3.05, 3.63) is 155 Å². The van der Waals surface area contributed by atoms with Crippen LogP contribution in [0.1, 0.15) is 13.8 Å². The van der Waals surface area contributed by atoms with E-state index < -0.39 is 0 Å². The first-order valence-corrected chi connectivity index (χ1v) is 14.0. The molecule has 0 aliphatic heterocycles. The van der Waals surface area contributed by atoms with Crippen LogP contribution in [0.2, 0.25) is 0 Å². The van der Waals surface area contributed by atoms with Gasteiger partial charge >= 0.3 is 0 Å². The molecule has 1 heteroatoms. The fourth-order valence-corrected chi connectivity index (χ4v) is 6.91. The minimum atomic E-state index is -0.149. The number of benzene rings is 6. The second-order valence-corrected chi connectivity index (χ2v) is 11.5. The van der Waals surface area contributed by atoms with Crippen molar-refractivity contribution >= 4 is 55.3 Å². The van der Waals surface area contributed by atoms with Gasteiger partial charge in [0.1, 0.15) is 0 Å². The van der Waals surface area contributed by atoms with Crippen LogP contribution >= 0.6 is 0 Å². The highest BCUT2D eigenvalue weighted by Gasteiger charge is 2.32. The van der Waals surface area contributed by atoms with Crippen molar-refractivity contribution in [3.8, 4) is 0 Å². The fourth-order valence-electron chi connectivity index (χ4n) is 6.91. The van der Waals surface area contributed by atoms with Crippen molar-refractivity contribution in [1.82, 2.24) is 0 Å². The Bertz CT molecular complexity index is 2120. The van der Waals surface area contributed by atoms with E-state index in [0.717, 1.165) is 11.4 Å². The molecule has 190 valence electrons.